The zero-order valence-corrected chi connectivity index (χ0v) is 38.3. The lowest BCUT2D eigenvalue weighted by Crippen LogP contribution is -2.38. The van der Waals surface area contributed by atoms with E-state index in [1.807, 2.05) is 0 Å². The van der Waals surface area contributed by atoms with Crippen molar-refractivity contribution in [3.63, 3.8) is 0 Å². The lowest BCUT2D eigenvalue weighted by Gasteiger charge is -2.26. The molecule has 0 saturated heterocycles. The van der Waals surface area contributed by atoms with Gasteiger partial charge < -0.3 is 4.90 Å². The van der Waals surface area contributed by atoms with Crippen molar-refractivity contribution in [2.24, 2.45) is 27.9 Å². The van der Waals surface area contributed by atoms with E-state index in [1.54, 1.807) is 0 Å². The Balaban J connectivity index is 1.22. The molecule has 8 aromatic carbocycles. The van der Waals surface area contributed by atoms with Crippen molar-refractivity contribution >= 4 is 74.6 Å². The molecule has 0 saturated carbocycles. The van der Waals surface area contributed by atoms with Gasteiger partial charge in [0, 0.05) is 11.1 Å². The third kappa shape index (κ3) is 5.88. The third-order valence-electron chi connectivity index (χ3n) is 12.1. The van der Waals surface area contributed by atoms with Crippen LogP contribution in [0.25, 0.3) is 54.6 Å². The standard InChI is InChI=1S/C50H45N7Si3/c1-30-26-32-20-21-35(29-36(32)27-31(30)2)39-22-24-43(49-46(39)52-59(5,6)55-49)57(42-19-13-18-41-48(42)54-58(3,4)51-41)44-25-23-40(47-50(44)56-60(7,8)53-47)45-37-16-11-9-14-33(37)28-34-15-10-12-17-38(34)45/h9-29H,1-8H3. The summed E-state index contributed by atoms with van der Waals surface area (Å²) in [6.07, 6.45) is 0. The topological polar surface area (TPSA) is 77.4 Å². The van der Waals surface area contributed by atoms with Crippen LogP contribution >= 0.6 is 0 Å². The van der Waals surface area contributed by atoms with Crippen LogP contribution in [-0.4, -0.2) is 25.2 Å². The highest BCUT2D eigenvalue weighted by Crippen LogP contribution is 2.37. The van der Waals surface area contributed by atoms with Crippen molar-refractivity contribution in [1.82, 2.24) is 0 Å². The number of aryl methyl sites for hydroxylation is 2. The SMILES string of the molecule is Cc1cc2ccc(-c3ccc(N(c4cccc5c4=N[Si](C)(C)N=5)c4ccc(-c5c6ccccc6cc6ccccc56)c5c4=N[Si](C)(C)N=5)c4c3=N[Si](C)(C)N=4)cc2cc1C. The minimum absolute atomic E-state index is 0.912. The number of rotatable bonds is 5. The second-order valence-corrected chi connectivity index (χ2v) is 28.3. The summed E-state index contributed by atoms with van der Waals surface area (Å²) < 4.78 is 32.7. The molecule has 0 bridgehead atoms. The van der Waals surface area contributed by atoms with E-state index in [1.165, 1.54) is 49.0 Å². The molecule has 0 N–H and O–H groups in total. The van der Waals surface area contributed by atoms with Gasteiger partial charge >= 0.3 is 0 Å². The van der Waals surface area contributed by atoms with Gasteiger partial charge in [0.1, 0.15) is 0 Å². The van der Waals surface area contributed by atoms with Crippen LogP contribution in [0.5, 0.6) is 0 Å². The lowest BCUT2D eigenvalue weighted by atomic mass is 9.91. The average molecular weight is 828 g/mol. The first-order valence-corrected chi connectivity index (χ1v) is 29.5. The quantitative estimate of drug-likeness (QED) is 0.126. The molecule has 60 heavy (non-hydrogen) atoms. The molecule has 0 spiro atoms. The first kappa shape index (κ1) is 36.8. The predicted molar refractivity (Wildman–Crippen MR) is 253 cm³/mol. The summed E-state index contributed by atoms with van der Waals surface area (Å²) in [6, 6.07) is 46.5. The monoisotopic (exact) mass is 827 g/mol. The molecule has 0 atom stereocenters. The van der Waals surface area contributed by atoms with Gasteiger partial charge in [0.25, 0.3) is 25.2 Å². The number of nitrogens with zero attached hydrogens (tertiary/aromatic N) is 7. The fourth-order valence-electron chi connectivity index (χ4n) is 9.41. The summed E-state index contributed by atoms with van der Waals surface area (Å²) in [5.41, 5.74) is 10.0. The van der Waals surface area contributed by atoms with E-state index in [0.717, 1.165) is 65.9 Å². The molecular formula is C50H45N7Si3. The van der Waals surface area contributed by atoms with Crippen LogP contribution < -0.4 is 37.0 Å². The maximum Gasteiger partial charge on any atom is 0.298 e. The van der Waals surface area contributed by atoms with E-state index < -0.39 is 25.2 Å². The summed E-state index contributed by atoms with van der Waals surface area (Å²) in [5, 5.41) is 12.9. The van der Waals surface area contributed by atoms with E-state index in [0.29, 0.717) is 0 Å². The summed E-state index contributed by atoms with van der Waals surface area (Å²) in [7, 11) is -7.08. The minimum Gasteiger partial charge on any atom is -0.304 e. The van der Waals surface area contributed by atoms with Crippen LogP contribution in [0.15, 0.2) is 155 Å². The van der Waals surface area contributed by atoms with E-state index in [4.69, 9.17) is 27.9 Å². The summed E-state index contributed by atoms with van der Waals surface area (Å²) in [6.45, 7) is 17.7. The number of benzene rings is 8. The molecule has 10 heteroatoms. The Bertz CT molecular complexity index is 3580. The maximum absolute atomic E-state index is 5.59. The van der Waals surface area contributed by atoms with Gasteiger partial charge in [0.15, 0.2) is 0 Å². The van der Waals surface area contributed by atoms with Crippen LogP contribution in [0.4, 0.5) is 17.1 Å². The largest absolute Gasteiger partial charge is 0.304 e. The van der Waals surface area contributed by atoms with Gasteiger partial charge in [-0.1, -0.05) is 84.9 Å². The zero-order valence-electron chi connectivity index (χ0n) is 35.3. The third-order valence-corrected chi connectivity index (χ3v) is 16.7. The Labute approximate surface area is 351 Å². The molecule has 0 amide bonds. The molecule has 0 aliphatic carbocycles. The van der Waals surface area contributed by atoms with Gasteiger partial charge in [-0.05, 0) is 150 Å². The van der Waals surface area contributed by atoms with Crippen LogP contribution in [0.1, 0.15) is 11.1 Å². The Morgan fingerprint density at radius 1 is 0.383 bits per heavy atom. The molecule has 11 rings (SSSR count). The summed E-state index contributed by atoms with van der Waals surface area (Å²) in [5.74, 6) is 0. The highest BCUT2D eigenvalue weighted by Gasteiger charge is 2.33. The van der Waals surface area contributed by atoms with Gasteiger partial charge in [0.2, 0.25) is 0 Å². The molecule has 7 nitrogen and oxygen atoms in total. The van der Waals surface area contributed by atoms with E-state index in [-0.39, 0.29) is 0 Å². The van der Waals surface area contributed by atoms with E-state index in [9.17, 15) is 0 Å². The molecule has 0 aromatic heterocycles. The highest BCUT2D eigenvalue weighted by atomic mass is 28.4. The Morgan fingerprint density at radius 2 is 0.900 bits per heavy atom. The second kappa shape index (κ2) is 12.9. The van der Waals surface area contributed by atoms with Crippen molar-refractivity contribution < 1.29 is 0 Å². The molecule has 3 aliphatic heterocycles. The van der Waals surface area contributed by atoms with Gasteiger partial charge in [-0.15, -0.1) is 0 Å². The van der Waals surface area contributed by atoms with Crippen molar-refractivity contribution in [1.29, 1.82) is 0 Å². The number of anilines is 3. The Hall–Kier alpha value is -6.21. The number of hydrogen-bond acceptors (Lipinski definition) is 7. The van der Waals surface area contributed by atoms with Gasteiger partial charge in [-0.3, -0.25) is 27.9 Å². The minimum atomic E-state index is -2.44. The van der Waals surface area contributed by atoms with Crippen LogP contribution in [0.2, 0.25) is 39.3 Å². The number of fused-ring (bicyclic) bond motifs is 6. The average Bonchev–Trinajstić information content (AvgIpc) is 3.84. The molecule has 292 valence electrons. The van der Waals surface area contributed by atoms with Crippen molar-refractivity contribution in [2.45, 2.75) is 53.1 Å². The van der Waals surface area contributed by atoms with E-state index >= 15 is 0 Å². The zero-order chi connectivity index (χ0) is 41.3. The van der Waals surface area contributed by atoms with Crippen molar-refractivity contribution in [3.05, 3.63) is 171 Å². The van der Waals surface area contributed by atoms with Gasteiger partial charge in [-0.25, -0.2) is 0 Å². The maximum atomic E-state index is 5.59. The van der Waals surface area contributed by atoms with Crippen LogP contribution in [0.3, 0.4) is 0 Å². The van der Waals surface area contributed by atoms with Crippen LogP contribution in [0, 0.1) is 13.8 Å². The molecule has 3 aliphatic rings. The molecule has 3 heterocycles. The van der Waals surface area contributed by atoms with Crippen molar-refractivity contribution in [3.8, 4) is 22.3 Å². The van der Waals surface area contributed by atoms with E-state index in [2.05, 4.69) is 185 Å². The molecule has 0 fully saturated rings. The molecule has 8 aromatic rings. The van der Waals surface area contributed by atoms with Crippen molar-refractivity contribution in [2.75, 3.05) is 4.90 Å². The lowest BCUT2D eigenvalue weighted by molar-refractivity contribution is 1.17. The first-order chi connectivity index (χ1) is 28.7. The molecule has 0 radical (unpaired) electrons. The highest BCUT2D eigenvalue weighted by molar-refractivity contribution is 6.75. The first-order valence-electron chi connectivity index (χ1n) is 20.8. The smallest absolute Gasteiger partial charge is 0.298 e. The summed E-state index contributed by atoms with van der Waals surface area (Å²) in [4.78, 5) is 2.36. The van der Waals surface area contributed by atoms with Gasteiger partial charge in [-0.2, -0.15) is 0 Å². The Kier molecular flexibility index (Phi) is 7.92. The molecular weight excluding hydrogens is 783 g/mol. The second-order valence-electron chi connectivity index (χ2n) is 18.0. The number of hydrogen-bond donors (Lipinski definition) is 0. The fourth-order valence-corrected chi connectivity index (χ4v) is 14.2. The van der Waals surface area contributed by atoms with Gasteiger partial charge in [0.05, 0.1) is 49.2 Å². The van der Waals surface area contributed by atoms with Crippen LogP contribution in [-0.2, 0) is 0 Å². The fraction of sp³-hybridized carbons (Fsp3) is 0.160. The summed E-state index contributed by atoms with van der Waals surface area (Å²) >= 11 is 0. The Morgan fingerprint density at radius 3 is 1.55 bits per heavy atom. The molecule has 0 unspecified atom stereocenters. The normalized spacial score (nSPS) is 16.2. The predicted octanol–water partition coefficient (Wildman–Crippen LogP) is 9.43.